The van der Waals surface area contributed by atoms with Crippen molar-refractivity contribution in [3.05, 3.63) is 41.9 Å². The standard InChI is InChI=1S/C18H22N6/c1-12-7-13(2)9-14(8-12)23-17-16-10-22-24(18(16)21-11-20-17)15-3-5-19-6-4-15/h7-11,15,19H,3-6H2,1-2H3,(H,20,21,23). The Labute approximate surface area is 141 Å². The van der Waals surface area contributed by atoms with Crippen molar-refractivity contribution in [1.29, 1.82) is 0 Å². The second kappa shape index (κ2) is 6.20. The molecule has 6 nitrogen and oxygen atoms in total. The highest BCUT2D eigenvalue weighted by atomic mass is 15.3. The summed E-state index contributed by atoms with van der Waals surface area (Å²) < 4.78 is 2.06. The Bertz CT molecular complexity index is 843. The van der Waals surface area contributed by atoms with Crippen molar-refractivity contribution in [1.82, 2.24) is 25.1 Å². The molecule has 0 radical (unpaired) electrons. The van der Waals surface area contributed by atoms with Crippen LogP contribution in [0, 0.1) is 13.8 Å². The van der Waals surface area contributed by atoms with E-state index in [1.54, 1.807) is 6.33 Å². The third-order valence-electron chi connectivity index (χ3n) is 4.53. The fourth-order valence-electron chi connectivity index (χ4n) is 3.46. The fourth-order valence-corrected chi connectivity index (χ4v) is 3.46. The average molecular weight is 322 g/mol. The molecule has 1 fully saturated rings. The number of hydrogen-bond donors (Lipinski definition) is 2. The SMILES string of the molecule is Cc1cc(C)cc(Nc2ncnc3c2cnn3C2CCNCC2)c1. The van der Waals surface area contributed by atoms with Crippen LogP contribution in [0.15, 0.2) is 30.7 Å². The van der Waals surface area contributed by atoms with Crippen LogP contribution in [0.3, 0.4) is 0 Å². The molecule has 3 aromatic rings. The van der Waals surface area contributed by atoms with E-state index in [4.69, 9.17) is 0 Å². The molecule has 1 aromatic carbocycles. The molecule has 2 N–H and O–H groups in total. The Morgan fingerprint density at radius 3 is 2.58 bits per heavy atom. The van der Waals surface area contributed by atoms with Crippen LogP contribution in [-0.4, -0.2) is 32.8 Å². The maximum Gasteiger partial charge on any atom is 0.163 e. The topological polar surface area (TPSA) is 67.7 Å². The molecule has 4 rings (SSSR count). The van der Waals surface area contributed by atoms with Gasteiger partial charge in [0, 0.05) is 5.69 Å². The molecule has 2 aromatic heterocycles. The summed E-state index contributed by atoms with van der Waals surface area (Å²) in [6.45, 7) is 6.27. The number of rotatable bonds is 3. The van der Waals surface area contributed by atoms with E-state index in [-0.39, 0.29) is 0 Å². The Morgan fingerprint density at radius 2 is 1.83 bits per heavy atom. The molecular weight excluding hydrogens is 300 g/mol. The molecule has 1 aliphatic rings. The van der Waals surface area contributed by atoms with E-state index in [1.165, 1.54) is 11.1 Å². The zero-order valence-corrected chi connectivity index (χ0v) is 14.1. The van der Waals surface area contributed by atoms with Crippen LogP contribution in [0.25, 0.3) is 11.0 Å². The molecule has 0 amide bonds. The van der Waals surface area contributed by atoms with Gasteiger partial charge in [-0.15, -0.1) is 0 Å². The van der Waals surface area contributed by atoms with Crippen molar-refractivity contribution in [2.75, 3.05) is 18.4 Å². The van der Waals surface area contributed by atoms with Crippen LogP contribution in [0.1, 0.15) is 30.0 Å². The molecular formula is C18H22N6. The lowest BCUT2D eigenvalue weighted by Crippen LogP contribution is -2.29. The van der Waals surface area contributed by atoms with E-state index in [9.17, 15) is 0 Å². The molecule has 124 valence electrons. The monoisotopic (exact) mass is 322 g/mol. The molecule has 3 heterocycles. The number of nitrogens with zero attached hydrogens (tertiary/aromatic N) is 4. The summed E-state index contributed by atoms with van der Waals surface area (Å²) in [5.41, 5.74) is 4.41. The van der Waals surface area contributed by atoms with Gasteiger partial charge in [0.15, 0.2) is 5.65 Å². The second-order valence-corrected chi connectivity index (χ2v) is 6.53. The van der Waals surface area contributed by atoms with Gasteiger partial charge in [-0.1, -0.05) is 6.07 Å². The predicted molar refractivity (Wildman–Crippen MR) is 95.7 cm³/mol. The van der Waals surface area contributed by atoms with Gasteiger partial charge in [0.2, 0.25) is 0 Å². The molecule has 1 saturated heterocycles. The smallest absolute Gasteiger partial charge is 0.163 e. The maximum atomic E-state index is 4.60. The lowest BCUT2D eigenvalue weighted by Gasteiger charge is -2.23. The van der Waals surface area contributed by atoms with Gasteiger partial charge in [-0.25, -0.2) is 14.6 Å². The summed E-state index contributed by atoms with van der Waals surface area (Å²) in [5.74, 6) is 0.810. The van der Waals surface area contributed by atoms with E-state index < -0.39 is 0 Å². The lowest BCUT2D eigenvalue weighted by atomic mass is 10.1. The van der Waals surface area contributed by atoms with E-state index in [0.29, 0.717) is 6.04 Å². The highest BCUT2D eigenvalue weighted by Crippen LogP contribution is 2.27. The zero-order valence-electron chi connectivity index (χ0n) is 14.1. The van der Waals surface area contributed by atoms with Crippen LogP contribution < -0.4 is 10.6 Å². The summed E-state index contributed by atoms with van der Waals surface area (Å²) >= 11 is 0. The van der Waals surface area contributed by atoms with Crippen LogP contribution in [-0.2, 0) is 0 Å². The molecule has 0 unspecified atom stereocenters. The second-order valence-electron chi connectivity index (χ2n) is 6.53. The molecule has 0 bridgehead atoms. The number of fused-ring (bicyclic) bond motifs is 1. The largest absolute Gasteiger partial charge is 0.340 e. The molecule has 1 aliphatic heterocycles. The van der Waals surface area contributed by atoms with Crippen molar-refractivity contribution in [3.63, 3.8) is 0 Å². The van der Waals surface area contributed by atoms with Gasteiger partial charge >= 0.3 is 0 Å². The van der Waals surface area contributed by atoms with E-state index in [1.807, 2.05) is 6.20 Å². The van der Waals surface area contributed by atoms with E-state index in [0.717, 1.165) is 48.5 Å². The minimum atomic E-state index is 0.410. The summed E-state index contributed by atoms with van der Waals surface area (Å²) in [4.78, 5) is 8.91. The number of hydrogen-bond acceptors (Lipinski definition) is 5. The zero-order chi connectivity index (χ0) is 16.5. The number of benzene rings is 1. The highest BCUT2D eigenvalue weighted by molar-refractivity contribution is 5.88. The van der Waals surface area contributed by atoms with Gasteiger partial charge in [0.25, 0.3) is 0 Å². The Balaban J connectivity index is 1.70. The summed E-state index contributed by atoms with van der Waals surface area (Å²) in [6, 6.07) is 6.82. The van der Waals surface area contributed by atoms with Gasteiger partial charge in [0.05, 0.1) is 17.6 Å². The summed E-state index contributed by atoms with van der Waals surface area (Å²) in [5, 5.41) is 12.4. The van der Waals surface area contributed by atoms with Crippen LogP contribution >= 0.6 is 0 Å². The predicted octanol–water partition coefficient (Wildman–Crippen LogP) is 3.11. The lowest BCUT2D eigenvalue weighted by molar-refractivity contribution is 0.349. The first-order valence-corrected chi connectivity index (χ1v) is 8.45. The van der Waals surface area contributed by atoms with Crippen LogP contribution in [0.2, 0.25) is 0 Å². The van der Waals surface area contributed by atoms with Crippen molar-refractivity contribution in [2.45, 2.75) is 32.7 Å². The normalized spacial score (nSPS) is 15.8. The third kappa shape index (κ3) is 2.85. The van der Waals surface area contributed by atoms with Gasteiger partial charge in [0.1, 0.15) is 12.1 Å². The molecule has 0 aliphatic carbocycles. The van der Waals surface area contributed by atoms with E-state index >= 15 is 0 Å². The fraction of sp³-hybridized carbons (Fsp3) is 0.389. The third-order valence-corrected chi connectivity index (χ3v) is 4.53. The first-order chi connectivity index (χ1) is 11.7. The Kier molecular flexibility index (Phi) is 3.90. The number of aromatic nitrogens is 4. The minimum Gasteiger partial charge on any atom is -0.340 e. The minimum absolute atomic E-state index is 0.410. The van der Waals surface area contributed by atoms with Gasteiger partial charge < -0.3 is 10.6 Å². The van der Waals surface area contributed by atoms with Crippen molar-refractivity contribution in [3.8, 4) is 0 Å². The quantitative estimate of drug-likeness (QED) is 0.775. The first kappa shape index (κ1) is 15.1. The number of aryl methyl sites for hydroxylation is 2. The molecule has 0 atom stereocenters. The van der Waals surface area contributed by atoms with E-state index in [2.05, 4.69) is 62.4 Å². The molecule has 0 spiro atoms. The van der Waals surface area contributed by atoms with Gasteiger partial charge in [-0.2, -0.15) is 5.10 Å². The van der Waals surface area contributed by atoms with Crippen LogP contribution in [0.5, 0.6) is 0 Å². The summed E-state index contributed by atoms with van der Waals surface area (Å²) in [7, 11) is 0. The maximum absolute atomic E-state index is 4.60. The Morgan fingerprint density at radius 1 is 1.08 bits per heavy atom. The van der Waals surface area contributed by atoms with Gasteiger partial charge in [-0.3, -0.25) is 0 Å². The molecule has 24 heavy (non-hydrogen) atoms. The Hall–Kier alpha value is -2.47. The average Bonchev–Trinajstić information content (AvgIpc) is 3.00. The number of piperidine rings is 1. The van der Waals surface area contributed by atoms with Crippen molar-refractivity contribution >= 4 is 22.5 Å². The molecule has 0 saturated carbocycles. The van der Waals surface area contributed by atoms with Crippen molar-refractivity contribution in [2.24, 2.45) is 0 Å². The number of nitrogens with one attached hydrogen (secondary N) is 2. The van der Waals surface area contributed by atoms with Crippen LogP contribution in [0.4, 0.5) is 11.5 Å². The molecule has 6 heteroatoms. The first-order valence-electron chi connectivity index (χ1n) is 8.45. The number of anilines is 2. The highest BCUT2D eigenvalue weighted by Gasteiger charge is 2.19. The summed E-state index contributed by atoms with van der Waals surface area (Å²) in [6.07, 6.45) is 5.66. The van der Waals surface area contributed by atoms with Gasteiger partial charge in [-0.05, 0) is 63.0 Å². The van der Waals surface area contributed by atoms with Crippen molar-refractivity contribution < 1.29 is 0 Å².